The SMILES string of the molecule is CC=Cc1cc(CCCCCCCCC)ccc1O. The van der Waals surface area contributed by atoms with Crippen LogP contribution in [-0.4, -0.2) is 5.11 Å². The lowest BCUT2D eigenvalue weighted by atomic mass is 10.0. The predicted molar refractivity (Wildman–Crippen MR) is 84.5 cm³/mol. The Bertz CT molecular complexity index is 379. The first-order chi connectivity index (χ1) is 9.27. The van der Waals surface area contributed by atoms with Gasteiger partial charge in [0.25, 0.3) is 0 Å². The molecule has 1 heteroatoms. The van der Waals surface area contributed by atoms with Crippen molar-refractivity contribution in [3.63, 3.8) is 0 Å². The Hall–Kier alpha value is -1.24. The molecule has 0 amide bonds. The molecule has 1 aromatic carbocycles. The molecule has 0 aliphatic rings. The van der Waals surface area contributed by atoms with Crippen molar-refractivity contribution in [2.45, 2.75) is 65.2 Å². The van der Waals surface area contributed by atoms with E-state index in [-0.39, 0.29) is 0 Å². The minimum absolute atomic E-state index is 0.376. The third-order valence-electron chi connectivity index (χ3n) is 3.51. The molecule has 1 aromatic rings. The Morgan fingerprint density at radius 3 is 2.37 bits per heavy atom. The number of unbranched alkanes of at least 4 members (excludes halogenated alkanes) is 6. The molecule has 0 spiro atoms. The first kappa shape index (κ1) is 15.8. The minimum Gasteiger partial charge on any atom is -0.507 e. The molecule has 0 aliphatic heterocycles. The largest absolute Gasteiger partial charge is 0.507 e. The van der Waals surface area contributed by atoms with Gasteiger partial charge in [-0.25, -0.2) is 0 Å². The predicted octanol–water partition coefficient (Wildman–Crippen LogP) is 5.72. The lowest BCUT2D eigenvalue weighted by molar-refractivity contribution is 0.473. The molecule has 1 N–H and O–H groups in total. The van der Waals surface area contributed by atoms with Gasteiger partial charge in [-0.05, 0) is 37.5 Å². The summed E-state index contributed by atoms with van der Waals surface area (Å²) in [6.07, 6.45) is 14.5. The van der Waals surface area contributed by atoms with Crippen LogP contribution in [0.1, 0.15) is 69.9 Å². The number of benzene rings is 1. The van der Waals surface area contributed by atoms with Gasteiger partial charge in [-0.1, -0.05) is 63.7 Å². The van der Waals surface area contributed by atoms with Crippen LogP contribution >= 0.6 is 0 Å². The van der Waals surface area contributed by atoms with Crippen LogP contribution in [-0.2, 0) is 6.42 Å². The number of aryl methyl sites for hydroxylation is 1. The fourth-order valence-corrected chi connectivity index (χ4v) is 2.36. The topological polar surface area (TPSA) is 20.2 Å². The number of allylic oxidation sites excluding steroid dienone is 1. The maximum atomic E-state index is 9.71. The molecule has 0 heterocycles. The van der Waals surface area contributed by atoms with Crippen LogP contribution < -0.4 is 0 Å². The standard InChI is InChI=1S/C18H28O/c1-3-5-6-7-8-9-10-12-16-13-14-18(19)17(15-16)11-4-2/h4,11,13-15,19H,3,5-10,12H2,1-2H3. The normalized spacial score (nSPS) is 11.3. The van der Waals surface area contributed by atoms with E-state index in [9.17, 15) is 5.11 Å². The second kappa shape index (κ2) is 9.66. The Kier molecular flexibility index (Phi) is 8.04. The lowest BCUT2D eigenvalue weighted by Gasteiger charge is -2.05. The van der Waals surface area contributed by atoms with E-state index in [4.69, 9.17) is 0 Å². The summed E-state index contributed by atoms with van der Waals surface area (Å²) < 4.78 is 0. The van der Waals surface area contributed by atoms with Crippen LogP contribution in [0.5, 0.6) is 5.75 Å². The lowest BCUT2D eigenvalue weighted by Crippen LogP contribution is -1.88. The molecule has 19 heavy (non-hydrogen) atoms. The van der Waals surface area contributed by atoms with E-state index in [1.165, 1.54) is 50.5 Å². The highest BCUT2D eigenvalue weighted by molar-refractivity contribution is 5.57. The zero-order valence-corrected chi connectivity index (χ0v) is 12.5. The van der Waals surface area contributed by atoms with Crippen LogP contribution in [0.2, 0.25) is 0 Å². The number of aromatic hydroxyl groups is 1. The molecule has 1 nitrogen and oxygen atoms in total. The van der Waals surface area contributed by atoms with Crippen molar-refractivity contribution < 1.29 is 5.11 Å². The fraction of sp³-hybridized carbons (Fsp3) is 0.556. The Balaban J connectivity index is 2.27. The molecule has 0 aromatic heterocycles. The third kappa shape index (κ3) is 6.47. The summed E-state index contributed by atoms with van der Waals surface area (Å²) in [5.74, 6) is 0.376. The van der Waals surface area contributed by atoms with Crippen LogP contribution in [0.3, 0.4) is 0 Å². The number of rotatable bonds is 9. The molecule has 0 atom stereocenters. The third-order valence-corrected chi connectivity index (χ3v) is 3.51. The summed E-state index contributed by atoms with van der Waals surface area (Å²) >= 11 is 0. The van der Waals surface area contributed by atoms with Crippen molar-refractivity contribution in [2.24, 2.45) is 0 Å². The van der Waals surface area contributed by atoms with Crippen molar-refractivity contribution in [3.8, 4) is 5.75 Å². The molecule has 0 radical (unpaired) electrons. The summed E-state index contributed by atoms with van der Waals surface area (Å²) in [5.41, 5.74) is 2.27. The monoisotopic (exact) mass is 260 g/mol. The molecular weight excluding hydrogens is 232 g/mol. The summed E-state index contributed by atoms with van der Waals surface area (Å²) in [6.45, 7) is 4.23. The van der Waals surface area contributed by atoms with Gasteiger partial charge < -0.3 is 5.11 Å². The van der Waals surface area contributed by atoms with E-state index < -0.39 is 0 Å². The Labute approximate surface area is 118 Å². The van der Waals surface area contributed by atoms with E-state index in [1.54, 1.807) is 0 Å². The van der Waals surface area contributed by atoms with Gasteiger partial charge in [0.05, 0.1) is 0 Å². The Morgan fingerprint density at radius 2 is 1.68 bits per heavy atom. The van der Waals surface area contributed by atoms with Crippen molar-refractivity contribution >= 4 is 6.08 Å². The van der Waals surface area contributed by atoms with E-state index in [1.807, 2.05) is 31.2 Å². The van der Waals surface area contributed by atoms with E-state index >= 15 is 0 Å². The van der Waals surface area contributed by atoms with E-state index in [0.717, 1.165) is 12.0 Å². The van der Waals surface area contributed by atoms with Crippen molar-refractivity contribution in [3.05, 3.63) is 35.4 Å². The maximum absolute atomic E-state index is 9.71. The fourth-order valence-electron chi connectivity index (χ4n) is 2.36. The second-order valence-electron chi connectivity index (χ2n) is 5.26. The van der Waals surface area contributed by atoms with Gasteiger partial charge in [0, 0.05) is 5.56 Å². The van der Waals surface area contributed by atoms with Crippen LogP contribution in [0.15, 0.2) is 24.3 Å². The smallest absolute Gasteiger partial charge is 0.122 e. The highest BCUT2D eigenvalue weighted by Crippen LogP contribution is 2.21. The van der Waals surface area contributed by atoms with E-state index in [2.05, 4.69) is 13.0 Å². The summed E-state index contributed by atoms with van der Waals surface area (Å²) in [4.78, 5) is 0. The number of phenolic OH excluding ortho intramolecular Hbond substituents is 1. The van der Waals surface area contributed by atoms with Crippen LogP contribution in [0, 0.1) is 0 Å². The molecule has 0 saturated carbocycles. The quantitative estimate of drug-likeness (QED) is 0.563. The van der Waals surface area contributed by atoms with Gasteiger partial charge in [0.1, 0.15) is 5.75 Å². The molecule has 0 saturated heterocycles. The molecule has 0 fully saturated rings. The molecule has 106 valence electrons. The molecular formula is C18H28O. The van der Waals surface area contributed by atoms with Crippen molar-refractivity contribution in [1.82, 2.24) is 0 Å². The number of hydrogen-bond donors (Lipinski definition) is 1. The first-order valence-electron chi connectivity index (χ1n) is 7.72. The molecule has 1 rings (SSSR count). The highest BCUT2D eigenvalue weighted by atomic mass is 16.3. The zero-order chi connectivity index (χ0) is 13.9. The molecule has 0 bridgehead atoms. The maximum Gasteiger partial charge on any atom is 0.122 e. The number of hydrogen-bond acceptors (Lipinski definition) is 1. The van der Waals surface area contributed by atoms with Crippen molar-refractivity contribution in [2.75, 3.05) is 0 Å². The van der Waals surface area contributed by atoms with Crippen molar-refractivity contribution in [1.29, 1.82) is 0 Å². The average molecular weight is 260 g/mol. The van der Waals surface area contributed by atoms with E-state index in [0.29, 0.717) is 5.75 Å². The van der Waals surface area contributed by atoms with Gasteiger partial charge in [0.15, 0.2) is 0 Å². The average Bonchev–Trinajstić information content (AvgIpc) is 2.41. The van der Waals surface area contributed by atoms with Crippen LogP contribution in [0.4, 0.5) is 0 Å². The first-order valence-corrected chi connectivity index (χ1v) is 7.72. The second-order valence-corrected chi connectivity index (χ2v) is 5.26. The molecule has 0 aliphatic carbocycles. The van der Waals surface area contributed by atoms with Gasteiger partial charge in [-0.15, -0.1) is 0 Å². The van der Waals surface area contributed by atoms with Gasteiger partial charge >= 0.3 is 0 Å². The Morgan fingerprint density at radius 1 is 1.00 bits per heavy atom. The van der Waals surface area contributed by atoms with Gasteiger partial charge in [-0.3, -0.25) is 0 Å². The highest BCUT2D eigenvalue weighted by Gasteiger charge is 2.00. The summed E-state index contributed by atoms with van der Waals surface area (Å²) in [6, 6.07) is 5.96. The zero-order valence-electron chi connectivity index (χ0n) is 12.5. The van der Waals surface area contributed by atoms with Gasteiger partial charge in [0.2, 0.25) is 0 Å². The molecule has 0 unspecified atom stereocenters. The van der Waals surface area contributed by atoms with Gasteiger partial charge in [-0.2, -0.15) is 0 Å². The summed E-state index contributed by atoms with van der Waals surface area (Å²) in [7, 11) is 0. The minimum atomic E-state index is 0.376. The number of phenols is 1. The summed E-state index contributed by atoms with van der Waals surface area (Å²) in [5, 5.41) is 9.71. The van der Waals surface area contributed by atoms with Crippen LogP contribution in [0.25, 0.3) is 6.08 Å².